The van der Waals surface area contributed by atoms with Gasteiger partial charge in [0, 0.05) is 52.7 Å². The highest BCUT2D eigenvalue weighted by molar-refractivity contribution is 14.0. The van der Waals surface area contributed by atoms with Crippen molar-refractivity contribution in [2.75, 3.05) is 46.5 Å². The Morgan fingerprint density at radius 2 is 2.11 bits per heavy atom. The van der Waals surface area contributed by atoms with Crippen LogP contribution in [0.1, 0.15) is 31.7 Å². The van der Waals surface area contributed by atoms with Gasteiger partial charge in [0.25, 0.3) is 0 Å². The summed E-state index contributed by atoms with van der Waals surface area (Å²) in [6.45, 7) is 7.20. The summed E-state index contributed by atoms with van der Waals surface area (Å²) in [5.74, 6) is 0.993. The first-order chi connectivity index (χ1) is 12.7. The molecular weight excluding hydrogens is 479 g/mol. The number of likely N-dealkylation sites (tertiary alicyclic amines) is 1. The average molecular weight is 511 g/mol. The molecule has 1 aromatic heterocycles. The van der Waals surface area contributed by atoms with E-state index in [1.165, 1.54) is 0 Å². The Hall–Kier alpha value is -0.640. The molecule has 154 valence electrons. The van der Waals surface area contributed by atoms with Crippen LogP contribution in [-0.2, 0) is 15.9 Å². The van der Waals surface area contributed by atoms with Crippen molar-refractivity contribution < 1.29 is 9.47 Å². The number of hydrogen-bond donors (Lipinski definition) is 1. The number of guanidine groups is 1. The minimum absolute atomic E-state index is 0. The summed E-state index contributed by atoms with van der Waals surface area (Å²) in [6, 6.07) is 3.83. The van der Waals surface area contributed by atoms with Crippen molar-refractivity contribution in [2.45, 2.75) is 38.7 Å². The Balaban J connectivity index is 0.00000364. The molecule has 0 radical (unpaired) electrons. The zero-order chi connectivity index (χ0) is 18.6. The van der Waals surface area contributed by atoms with Crippen molar-refractivity contribution in [2.24, 2.45) is 4.99 Å². The summed E-state index contributed by atoms with van der Waals surface area (Å²) in [6.07, 6.45) is 6.07. The molecule has 1 aliphatic rings. The summed E-state index contributed by atoms with van der Waals surface area (Å²) in [5.41, 5.74) is 1.15. The minimum Gasteiger partial charge on any atom is -0.385 e. The van der Waals surface area contributed by atoms with Gasteiger partial charge in [0.2, 0.25) is 0 Å². The quantitative estimate of drug-likeness (QED) is 0.181. The molecule has 27 heavy (non-hydrogen) atoms. The topological polar surface area (TPSA) is 59.0 Å². The van der Waals surface area contributed by atoms with Crippen molar-refractivity contribution in [3.63, 3.8) is 0 Å². The summed E-state index contributed by atoms with van der Waals surface area (Å²) in [5, 5.41) is 3.93. The van der Waals surface area contributed by atoms with E-state index in [-0.39, 0.29) is 24.0 Å². The third-order valence-corrected chi connectivity index (χ3v) is 4.60. The first-order valence-electron chi connectivity index (χ1n) is 9.47. The molecule has 1 saturated heterocycles. The first-order valence-corrected chi connectivity index (χ1v) is 9.85. The van der Waals surface area contributed by atoms with E-state index in [1.807, 2.05) is 18.3 Å². The van der Waals surface area contributed by atoms with E-state index in [2.05, 4.69) is 22.1 Å². The van der Waals surface area contributed by atoms with Crippen LogP contribution in [0.15, 0.2) is 23.3 Å². The van der Waals surface area contributed by atoms with Gasteiger partial charge in [0.1, 0.15) is 5.15 Å². The van der Waals surface area contributed by atoms with E-state index in [9.17, 15) is 0 Å². The van der Waals surface area contributed by atoms with Gasteiger partial charge in [-0.25, -0.2) is 4.98 Å². The molecule has 8 heteroatoms. The van der Waals surface area contributed by atoms with E-state index < -0.39 is 0 Å². The van der Waals surface area contributed by atoms with Gasteiger partial charge >= 0.3 is 0 Å². The number of hydrogen-bond acceptors (Lipinski definition) is 4. The molecule has 0 spiro atoms. The molecule has 0 unspecified atom stereocenters. The molecule has 0 aliphatic carbocycles. The van der Waals surface area contributed by atoms with Crippen molar-refractivity contribution >= 4 is 41.5 Å². The van der Waals surface area contributed by atoms with Gasteiger partial charge in [-0.2, -0.15) is 0 Å². The number of rotatable bonds is 9. The summed E-state index contributed by atoms with van der Waals surface area (Å²) in [7, 11) is 1.73. The normalized spacial score (nSPS) is 15.5. The van der Waals surface area contributed by atoms with Crippen molar-refractivity contribution in [1.82, 2.24) is 15.2 Å². The van der Waals surface area contributed by atoms with E-state index in [4.69, 9.17) is 26.1 Å². The number of ether oxygens (including phenoxy) is 2. The molecule has 1 aliphatic heterocycles. The zero-order valence-corrected chi connectivity index (χ0v) is 19.4. The number of aromatic nitrogens is 1. The third-order valence-electron chi connectivity index (χ3n) is 4.37. The molecule has 1 aromatic rings. The number of pyridine rings is 1. The molecule has 0 saturated carbocycles. The number of nitrogens with zero attached hydrogens (tertiary/aromatic N) is 3. The molecule has 2 heterocycles. The molecule has 1 fully saturated rings. The average Bonchev–Trinajstić information content (AvgIpc) is 2.67. The fraction of sp³-hybridized carbons (Fsp3) is 0.684. The monoisotopic (exact) mass is 510 g/mol. The van der Waals surface area contributed by atoms with E-state index in [1.54, 1.807) is 7.11 Å². The summed E-state index contributed by atoms with van der Waals surface area (Å²) >= 11 is 5.83. The summed E-state index contributed by atoms with van der Waals surface area (Å²) in [4.78, 5) is 11.2. The Labute approximate surface area is 185 Å². The molecule has 0 bridgehead atoms. The molecule has 6 nitrogen and oxygen atoms in total. The number of aliphatic imine (C=N–C) groups is 1. The largest absolute Gasteiger partial charge is 0.385 e. The highest BCUT2D eigenvalue weighted by atomic mass is 127. The SMILES string of the molecule is CCNC(=NCCc1ccc(Cl)nc1)N1CCC(OCCCOC)CC1.I. The lowest BCUT2D eigenvalue weighted by atomic mass is 10.1. The van der Waals surface area contributed by atoms with Gasteiger partial charge in [-0.3, -0.25) is 4.99 Å². The van der Waals surface area contributed by atoms with Gasteiger partial charge in [-0.05, 0) is 44.2 Å². The molecule has 1 N–H and O–H groups in total. The Morgan fingerprint density at radius 3 is 2.74 bits per heavy atom. The lowest BCUT2D eigenvalue weighted by Gasteiger charge is -2.34. The second-order valence-electron chi connectivity index (χ2n) is 6.38. The van der Waals surface area contributed by atoms with Crippen LogP contribution >= 0.6 is 35.6 Å². The number of halogens is 2. The third kappa shape index (κ3) is 9.40. The molecular formula is C19H32ClIN4O2. The van der Waals surface area contributed by atoms with Crippen molar-refractivity contribution in [3.8, 4) is 0 Å². The smallest absolute Gasteiger partial charge is 0.193 e. The molecule has 2 rings (SSSR count). The van der Waals surface area contributed by atoms with Crippen LogP contribution in [-0.4, -0.2) is 68.4 Å². The first kappa shape index (κ1) is 24.4. The van der Waals surface area contributed by atoms with Crippen molar-refractivity contribution in [1.29, 1.82) is 0 Å². The van der Waals surface area contributed by atoms with Crippen LogP contribution in [0.25, 0.3) is 0 Å². The highest BCUT2D eigenvalue weighted by Crippen LogP contribution is 2.14. The minimum atomic E-state index is 0. The van der Waals surface area contributed by atoms with E-state index >= 15 is 0 Å². The maximum absolute atomic E-state index is 5.94. The zero-order valence-electron chi connectivity index (χ0n) is 16.3. The van der Waals surface area contributed by atoms with Crippen LogP contribution in [0, 0.1) is 0 Å². The second-order valence-corrected chi connectivity index (χ2v) is 6.77. The van der Waals surface area contributed by atoms with Gasteiger partial charge in [-0.15, -0.1) is 24.0 Å². The predicted octanol–water partition coefficient (Wildman–Crippen LogP) is 3.38. The van der Waals surface area contributed by atoms with Crippen LogP contribution in [0.2, 0.25) is 5.15 Å². The predicted molar refractivity (Wildman–Crippen MR) is 121 cm³/mol. The Kier molecular flexibility index (Phi) is 13.0. The number of nitrogens with one attached hydrogen (secondary N) is 1. The fourth-order valence-corrected chi connectivity index (χ4v) is 3.07. The Bertz CT molecular complexity index is 537. The van der Waals surface area contributed by atoms with Crippen LogP contribution in [0.3, 0.4) is 0 Å². The molecule has 0 atom stereocenters. The summed E-state index contributed by atoms with van der Waals surface area (Å²) < 4.78 is 11.0. The van der Waals surface area contributed by atoms with Gasteiger partial charge in [-0.1, -0.05) is 17.7 Å². The number of methoxy groups -OCH3 is 1. The number of piperidine rings is 1. The van der Waals surface area contributed by atoms with E-state index in [0.717, 1.165) is 76.6 Å². The second kappa shape index (κ2) is 14.4. The van der Waals surface area contributed by atoms with Gasteiger partial charge in [0.05, 0.1) is 6.10 Å². The van der Waals surface area contributed by atoms with Crippen LogP contribution in [0.4, 0.5) is 0 Å². The molecule has 0 amide bonds. The van der Waals surface area contributed by atoms with Crippen molar-refractivity contribution in [3.05, 3.63) is 29.0 Å². The van der Waals surface area contributed by atoms with Gasteiger partial charge < -0.3 is 19.7 Å². The molecule has 0 aromatic carbocycles. The van der Waals surface area contributed by atoms with E-state index in [0.29, 0.717) is 11.3 Å². The van der Waals surface area contributed by atoms with Crippen LogP contribution < -0.4 is 5.32 Å². The standard InChI is InChI=1S/C19H31ClN4O2.HI/c1-3-21-19(22-10-7-16-5-6-18(20)23-15-16)24-11-8-17(9-12-24)26-14-4-13-25-2;/h5-6,15,17H,3-4,7-14H2,1-2H3,(H,21,22);1H. The Morgan fingerprint density at radius 1 is 1.33 bits per heavy atom. The lowest BCUT2D eigenvalue weighted by Crippen LogP contribution is -2.47. The van der Waals surface area contributed by atoms with Crippen LogP contribution in [0.5, 0.6) is 0 Å². The maximum atomic E-state index is 5.94. The van der Waals surface area contributed by atoms with Gasteiger partial charge in [0.15, 0.2) is 5.96 Å². The fourth-order valence-electron chi connectivity index (χ4n) is 2.96. The highest BCUT2D eigenvalue weighted by Gasteiger charge is 2.21. The maximum Gasteiger partial charge on any atom is 0.193 e. The lowest BCUT2D eigenvalue weighted by molar-refractivity contribution is 0.00991.